The van der Waals surface area contributed by atoms with Crippen LogP contribution in [0.5, 0.6) is 5.75 Å². The Kier molecular flexibility index (Phi) is 4.80. The van der Waals surface area contributed by atoms with Crippen molar-refractivity contribution in [2.45, 2.75) is 19.4 Å². The standard InChI is InChI=1S/C17H20ClN3O2/c1-17(2,16(23)21(3)4)20-15-14(22)9-12(10-19-15)11-6-5-7-13(18)8-11/h5-10,22H,1-4H3,(H,19,20). The minimum absolute atomic E-state index is 0.0258. The van der Waals surface area contributed by atoms with Crippen LogP contribution in [0.25, 0.3) is 11.1 Å². The number of amides is 1. The van der Waals surface area contributed by atoms with Gasteiger partial charge in [0, 0.05) is 30.9 Å². The third kappa shape index (κ3) is 3.93. The molecule has 5 nitrogen and oxygen atoms in total. The molecule has 0 saturated heterocycles. The van der Waals surface area contributed by atoms with E-state index < -0.39 is 5.54 Å². The van der Waals surface area contributed by atoms with Crippen LogP contribution < -0.4 is 5.32 Å². The summed E-state index contributed by atoms with van der Waals surface area (Å²) in [5, 5.41) is 13.8. The van der Waals surface area contributed by atoms with Crippen molar-refractivity contribution in [3.63, 3.8) is 0 Å². The maximum Gasteiger partial charge on any atom is 0.247 e. The molecule has 0 radical (unpaired) electrons. The van der Waals surface area contributed by atoms with Gasteiger partial charge in [-0.2, -0.15) is 0 Å². The van der Waals surface area contributed by atoms with E-state index in [9.17, 15) is 9.90 Å². The predicted molar refractivity (Wildman–Crippen MR) is 92.7 cm³/mol. The highest BCUT2D eigenvalue weighted by Crippen LogP contribution is 2.30. The van der Waals surface area contributed by atoms with E-state index in [-0.39, 0.29) is 17.5 Å². The maximum absolute atomic E-state index is 12.1. The summed E-state index contributed by atoms with van der Waals surface area (Å²) in [7, 11) is 3.36. The molecule has 1 aromatic carbocycles. The molecule has 2 N–H and O–H groups in total. The Morgan fingerprint density at radius 1 is 1.26 bits per heavy atom. The van der Waals surface area contributed by atoms with E-state index >= 15 is 0 Å². The highest BCUT2D eigenvalue weighted by Gasteiger charge is 2.30. The fourth-order valence-corrected chi connectivity index (χ4v) is 2.47. The molecule has 2 aromatic rings. The van der Waals surface area contributed by atoms with Crippen LogP contribution >= 0.6 is 11.6 Å². The number of likely N-dealkylation sites (N-methyl/N-ethyl adjacent to an activating group) is 1. The number of rotatable bonds is 4. The van der Waals surface area contributed by atoms with Crippen molar-refractivity contribution < 1.29 is 9.90 Å². The first kappa shape index (κ1) is 17.1. The lowest BCUT2D eigenvalue weighted by Crippen LogP contribution is -2.47. The van der Waals surface area contributed by atoms with E-state index in [2.05, 4.69) is 10.3 Å². The molecule has 1 heterocycles. The number of hydrogen-bond donors (Lipinski definition) is 2. The summed E-state index contributed by atoms with van der Waals surface area (Å²) in [6, 6.07) is 8.89. The Labute approximate surface area is 140 Å². The Morgan fingerprint density at radius 2 is 1.96 bits per heavy atom. The van der Waals surface area contributed by atoms with E-state index in [4.69, 9.17) is 11.6 Å². The summed E-state index contributed by atoms with van der Waals surface area (Å²) in [5.41, 5.74) is 0.716. The molecule has 0 bridgehead atoms. The highest BCUT2D eigenvalue weighted by molar-refractivity contribution is 6.30. The number of aromatic hydroxyl groups is 1. The molecule has 2 rings (SSSR count). The molecule has 0 atom stereocenters. The molecule has 0 aliphatic rings. The number of carbonyl (C=O) groups is 1. The molecule has 0 spiro atoms. The van der Waals surface area contributed by atoms with Gasteiger partial charge in [0.05, 0.1) is 0 Å². The summed E-state index contributed by atoms with van der Waals surface area (Å²) >= 11 is 5.98. The number of halogens is 1. The minimum atomic E-state index is -0.883. The van der Waals surface area contributed by atoms with Gasteiger partial charge in [-0.1, -0.05) is 23.7 Å². The van der Waals surface area contributed by atoms with E-state index in [1.165, 1.54) is 4.90 Å². The summed E-state index contributed by atoms with van der Waals surface area (Å²) in [5.74, 6) is 0.121. The molecular formula is C17H20ClN3O2. The third-order valence-electron chi connectivity index (χ3n) is 3.40. The van der Waals surface area contributed by atoms with Gasteiger partial charge in [0.2, 0.25) is 5.91 Å². The van der Waals surface area contributed by atoms with Crippen molar-refractivity contribution >= 4 is 23.3 Å². The van der Waals surface area contributed by atoms with Crippen LogP contribution in [0.15, 0.2) is 36.5 Å². The second kappa shape index (κ2) is 6.46. The lowest BCUT2D eigenvalue weighted by atomic mass is 10.0. The number of pyridine rings is 1. The van der Waals surface area contributed by atoms with Crippen LogP contribution in [0.2, 0.25) is 5.02 Å². The molecule has 0 unspecified atom stereocenters. The normalized spacial score (nSPS) is 11.2. The molecule has 1 aromatic heterocycles. The van der Waals surface area contributed by atoms with Crippen molar-refractivity contribution in [2.24, 2.45) is 0 Å². The van der Waals surface area contributed by atoms with Crippen LogP contribution in [0.1, 0.15) is 13.8 Å². The van der Waals surface area contributed by atoms with Gasteiger partial charge in [-0.25, -0.2) is 4.98 Å². The average Bonchev–Trinajstić information content (AvgIpc) is 2.48. The van der Waals surface area contributed by atoms with Gasteiger partial charge in [0.25, 0.3) is 0 Å². The van der Waals surface area contributed by atoms with Gasteiger partial charge in [0.15, 0.2) is 11.6 Å². The number of benzene rings is 1. The highest BCUT2D eigenvalue weighted by atomic mass is 35.5. The van der Waals surface area contributed by atoms with Crippen LogP contribution in [0, 0.1) is 0 Å². The maximum atomic E-state index is 12.1. The molecular weight excluding hydrogens is 314 g/mol. The molecule has 0 aliphatic heterocycles. The number of aromatic nitrogens is 1. The average molecular weight is 334 g/mol. The van der Waals surface area contributed by atoms with Crippen LogP contribution in [-0.4, -0.2) is 40.5 Å². The van der Waals surface area contributed by atoms with Gasteiger partial charge in [-0.05, 0) is 37.6 Å². The lowest BCUT2D eigenvalue weighted by Gasteiger charge is -2.29. The van der Waals surface area contributed by atoms with Crippen LogP contribution in [0.4, 0.5) is 5.82 Å². The first-order valence-electron chi connectivity index (χ1n) is 7.15. The van der Waals surface area contributed by atoms with Crippen molar-refractivity contribution in [3.05, 3.63) is 41.6 Å². The molecule has 1 amide bonds. The smallest absolute Gasteiger partial charge is 0.247 e. The molecule has 23 heavy (non-hydrogen) atoms. The first-order chi connectivity index (χ1) is 10.7. The quantitative estimate of drug-likeness (QED) is 0.900. The van der Waals surface area contributed by atoms with Gasteiger partial charge < -0.3 is 15.3 Å². The molecule has 0 saturated carbocycles. The minimum Gasteiger partial charge on any atom is -0.504 e. The molecule has 122 valence electrons. The summed E-state index contributed by atoms with van der Waals surface area (Å²) in [4.78, 5) is 17.9. The van der Waals surface area contributed by atoms with E-state index in [0.717, 1.165) is 11.1 Å². The van der Waals surface area contributed by atoms with Gasteiger partial charge >= 0.3 is 0 Å². The summed E-state index contributed by atoms with van der Waals surface area (Å²) < 4.78 is 0. The zero-order chi connectivity index (χ0) is 17.2. The van der Waals surface area contributed by atoms with Crippen molar-refractivity contribution in [1.82, 2.24) is 9.88 Å². The van der Waals surface area contributed by atoms with E-state index in [1.54, 1.807) is 52.3 Å². The molecule has 0 fully saturated rings. The predicted octanol–water partition coefficient (Wildman–Crippen LogP) is 3.39. The van der Waals surface area contributed by atoms with Crippen LogP contribution in [0.3, 0.4) is 0 Å². The Hall–Kier alpha value is -2.27. The topological polar surface area (TPSA) is 65.5 Å². The Morgan fingerprint density at radius 3 is 2.52 bits per heavy atom. The molecule has 0 aliphatic carbocycles. The molecule has 6 heteroatoms. The fourth-order valence-electron chi connectivity index (χ4n) is 2.28. The Bertz CT molecular complexity index is 730. The largest absolute Gasteiger partial charge is 0.504 e. The van der Waals surface area contributed by atoms with Crippen molar-refractivity contribution in [1.29, 1.82) is 0 Å². The summed E-state index contributed by atoms with van der Waals surface area (Å²) in [6.45, 7) is 3.47. The van der Waals surface area contributed by atoms with Gasteiger partial charge in [0.1, 0.15) is 5.54 Å². The van der Waals surface area contributed by atoms with Gasteiger partial charge in [-0.15, -0.1) is 0 Å². The van der Waals surface area contributed by atoms with Crippen molar-refractivity contribution in [2.75, 3.05) is 19.4 Å². The fraction of sp³-hybridized carbons (Fsp3) is 0.294. The number of hydrogen-bond acceptors (Lipinski definition) is 4. The second-order valence-electron chi connectivity index (χ2n) is 6.05. The first-order valence-corrected chi connectivity index (χ1v) is 7.53. The SMILES string of the molecule is CN(C)C(=O)C(C)(C)Nc1ncc(-c2cccc(Cl)c2)cc1O. The van der Waals surface area contributed by atoms with Crippen molar-refractivity contribution in [3.8, 4) is 16.9 Å². The number of nitrogens with one attached hydrogen (secondary N) is 1. The zero-order valence-electron chi connectivity index (χ0n) is 13.6. The zero-order valence-corrected chi connectivity index (χ0v) is 14.3. The third-order valence-corrected chi connectivity index (χ3v) is 3.63. The Balaban J connectivity index is 2.28. The van der Waals surface area contributed by atoms with E-state index in [0.29, 0.717) is 5.02 Å². The monoisotopic (exact) mass is 333 g/mol. The lowest BCUT2D eigenvalue weighted by molar-refractivity contribution is -0.132. The van der Waals surface area contributed by atoms with E-state index in [1.807, 2.05) is 12.1 Å². The number of anilines is 1. The van der Waals surface area contributed by atoms with Gasteiger partial charge in [-0.3, -0.25) is 4.79 Å². The number of carbonyl (C=O) groups excluding carboxylic acids is 1. The summed E-state index contributed by atoms with van der Waals surface area (Å²) in [6.07, 6.45) is 1.63. The van der Waals surface area contributed by atoms with Crippen LogP contribution in [-0.2, 0) is 4.79 Å². The number of nitrogens with zero attached hydrogens (tertiary/aromatic N) is 2. The second-order valence-corrected chi connectivity index (χ2v) is 6.49.